The summed E-state index contributed by atoms with van der Waals surface area (Å²) in [6.07, 6.45) is 0. The van der Waals surface area contributed by atoms with Gasteiger partial charge in [0, 0.05) is 17.6 Å². The molecule has 0 amide bonds. The molecule has 0 atom stereocenters. The van der Waals surface area contributed by atoms with E-state index in [2.05, 4.69) is 21.2 Å². The zero-order valence-electron chi connectivity index (χ0n) is 9.59. The third-order valence-electron chi connectivity index (χ3n) is 2.59. The van der Waals surface area contributed by atoms with Crippen LogP contribution in [0.15, 0.2) is 46.9 Å². The molecule has 0 aliphatic rings. The second-order valence-electron chi connectivity index (χ2n) is 3.94. The van der Waals surface area contributed by atoms with Crippen molar-refractivity contribution in [2.45, 2.75) is 13.1 Å². The Hall–Kier alpha value is -0.900. The number of hydrogen-bond donors (Lipinski definition) is 1. The molecule has 0 heterocycles. The third kappa shape index (κ3) is 3.55. The van der Waals surface area contributed by atoms with Gasteiger partial charge < -0.3 is 5.32 Å². The molecular weight excluding hydrogens is 317 g/mol. The third-order valence-corrected chi connectivity index (χ3v) is 3.54. The molecule has 0 saturated heterocycles. The molecule has 0 unspecified atom stereocenters. The van der Waals surface area contributed by atoms with Gasteiger partial charge >= 0.3 is 0 Å². The zero-order chi connectivity index (χ0) is 13.0. The monoisotopic (exact) mass is 327 g/mol. The molecule has 0 saturated carbocycles. The zero-order valence-corrected chi connectivity index (χ0v) is 11.9. The fourth-order valence-corrected chi connectivity index (χ4v) is 2.09. The van der Waals surface area contributed by atoms with Crippen LogP contribution >= 0.6 is 27.5 Å². The van der Waals surface area contributed by atoms with E-state index in [0.717, 1.165) is 16.6 Å². The molecule has 94 valence electrons. The lowest BCUT2D eigenvalue weighted by molar-refractivity contribution is 0.620. The Balaban J connectivity index is 1.92. The average Bonchev–Trinajstić information content (AvgIpc) is 2.37. The van der Waals surface area contributed by atoms with Gasteiger partial charge in [-0.2, -0.15) is 0 Å². The van der Waals surface area contributed by atoms with Gasteiger partial charge in [-0.05, 0) is 29.3 Å². The Labute approximate surface area is 119 Å². The number of nitrogens with one attached hydrogen (secondary N) is 1. The van der Waals surface area contributed by atoms with E-state index in [9.17, 15) is 4.39 Å². The fraction of sp³-hybridized carbons (Fsp3) is 0.143. The van der Waals surface area contributed by atoms with E-state index in [4.69, 9.17) is 11.6 Å². The van der Waals surface area contributed by atoms with Crippen molar-refractivity contribution in [1.29, 1.82) is 0 Å². The molecular formula is C14H12BrClFN. The van der Waals surface area contributed by atoms with Crippen molar-refractivity contribution in [1.82, 2.24) is 5.32 Å². The average molecular weight is 329 g/mol. The molecule has 0 spiro atoms. The van der Waals surface area contributed by atoms with Crippen LogP contribution in [-0.2, 0) is 13.1 Å². The second-order valence-corrected chi connectivity index (χ2v) is 5.24. The van der Waals surface area contributed by atoms with Crippen molar-refractivity contribution in [3.8, 4) is 0 Å². The minimum absolute atomic E-state index is 0.195. The normalized spacial score (nSPS) is 10.6. The van der Waals surface area contributed by atoms with E-state index in [1.165, 1.54) is 11.6 Å². The van der Waals surface area contributed by atoms with E-state index < -0.39 is 0 Å². The van der Waals surface area contributed by atoms with Gasteiger partial charge in [-0.3, -0.25) is 0 Å². The summed E-state index contributed by atoms with van der Waals surface area (Å²) in [5, 5.41) is 3.43. The number of hydrogen-bond acceptors (Lipinski definition) is 1. The largest absolute Gasteiger partial charge is 0.309 e. The standard InChI is InChI=1S/C14H12BrClFN/c15-12-6-4-10(5-7-12)8-18-9-11-2-1-3-13(17)14(11)16/h1-7,18H,8-9H2. The van der Waals surface area contributed by atoms with Gasteiger partial charge in [-0.15, -0.1) is 0 Å². The van der Waals surface area contributed by atoms with Crippen LogP contribution in [-0.4, -0.2) is 0 Å². The van der Waals surface area contributed by atoms with Crippen molar-refractivity contribution in [3.05, 3.63) is 68.9 Å². The highest BCUT2D eigenvalue weighted by Gasteiger charge is 2.04. The maximum atomic E-state index is 13.2. The van der Waals surface area contributed by atoms with E-state index in [1.54, 1.807) is 6.07 Å². The van der Waals surface area contributed by atoms with E-state index in [0.29, 0.717) is 6.54 Å². The van der Waals surface area contributed by atoms with E-state index >= 15 is 0 Å². The first-order chi connectivity index (χ1) is 8.66. The number of halogens is 3. The molecule has 4 heteroatoms. The fourth-order valence-electron chi connectivity index (χ4n) is 1.63. The SMILES string of the molecule is Fc1cccc(CNCc2ccc(Br)cc2)c1Cl. The Bertz CT molecular complexity index is 528. The lowest BCUT2D eigenvalue weighted by Crippen LogP contribution is -2.13. The Morgan fingerprint density at radius 3 is 2.50 bits per heavy atom. The van der Waals surface area contributed by atoms with Crippen molar-refractivity contribution in [3.63, 3.8) is 0 Å². The van der Waals surface area contributed by atoms with Crippen LogP contribution < -0.4 is 5.32 Å². The maximum absolute atomic E-state index is 13.2. The molecule has 1 N–H and O–H groups in total. The molecule has 0 aliphatic carbocycles. The van der Waals surface area contributed by atoms with E-state index in [-0.39, 0.29) is 10.8 Å². The summed E-state index contributed by atoms with van der Waals surface area (Å²) >= 11 is 9.26. The molecule has 0 aliphatic heterocycles. The molecule has 2 aromatic rings. The van der Waals surface area contributed by atoms with Crippen LogP contribution in [0.3, 0.4) is 0 Å². The predicted molar refractivity (Wildman–Crippen MR) is 76.1 cm³/mol. The van der Waals surface area contributed by atoms with Crippen LogP contribution in [0.5, 0.6) is 0 Å². The highest BCUT2D eigenvalue weighted by molar-refractivity contribution is 9.10. The summed E-state index contributed by atoms with van der Waals surface area (Å²) < 4.78 is 14.3. The molecule has 2 rings (SSSR count). The summed E-state index contributed by atoms with van der Waals surface area (Å²) in [7, 11) is 0. The molecule has 18 heavy (non-hydrogen) atoms. The van der Waals surface area contributed by atoms with Gasteiger partial charge in [0.25, 0.3) is 0 Å². The second kappa shape index (κ2) is 6.32. The minimum Gasteiger partial charge on any atom is -0.309 e. The minimum atomic E-state index is -0.375. The van der Waals surface area contributed by atoms with Gasteiger partial charge in [0.2, 0.25) is 0 Å². The van der Waals surface area contributed by atoms with Gasteiger partial charge in [0.05, 0.1) is 5.02 Å². The van der Waals surface area contributed by atoms with Gasteiger partial charge in [0.15, 0.2) is 0 Å². The predicted octanol–water partition coefficient (Wildman–Crippen LogP) is 4.53. The number of benzene rings is 2. The highest BCUT2D eigenvalue weighted by Crippen LogP contribution is 2.19. The quantitative estimate of drug-likeness (QED) is 0.869. The number of rotatable bonds is 4. The summed E-state index contributed by atoms with van der Waals surface area (Å²) in [4.78, 5) is 0. The van der Waals surface area contributed by atoms with Gasteiger partial charge in [-0.25, -0.2) is 4.39 Å². The highest BCUT2D eigenvalue weighted by atomic mass is 79.9. The Morgan fingerprint density at radius 1 is 1.06 bits per heavy atom. The molecule has 2 aromatic carbocycles. The summed E-state index contributed by atoms with van der Waals surface area (Å²) in [5.74, 6) is -0.375. The maximum Gasteiger partial charge on any atom is 0.142 e. The van der Waals surface area contributed by atoms with Crippen molar-refractivity contribution < 1.29 is 4.39 Å². The summed E-state index contributed by atoms with van der Waals surface area (Å²) in [6, 6.07) is 12.9. The van der Waals surface area contributed by atoms with Crippen LogP contribution in [0.2, 0.25) is 5.02 Å². The van der Waals surface area contributed by atoms with Gasteiger partial charge in [-0.1, -0.05) is 51.8 Å². The molecule has 0 aromatic heterocycles. The Kier molecular flexibility index (Phi) is 4.75. The van der Waals surface area contributed by atoms with Gasteiger partial charge in [0.1, 0.15) is 5.82 Å². The van der Waals surface area contributed by atoms with Crippen LogP contribution in [0.1, 0.15) is 11.1 Å². The smallest absolute Gasteiger partial charge is 0.142 e. The van der Waals surface area contributed by atoms with Crippen LogP contribution in [0, 0.1) is 5.82 Å². The van der Waals surface area contributed by atoms with Crippen LogP contribution in [0.4, 0.5) is 4.39 Å². The molecule has 0 radical (unpaired) electrons. The van der Waals surface area contributed by atoms with E-state index in [1.807, 2.05) is 30.3 Å². The first kappa shape index (κ1) is 13.5. The lowest BCUT2D eigenvalue weighted by Gasteiger charge is -2.07. The first-order valence-corrected chi connectivity index (χ1v) is 6.72. The first-order valence-electron chi connectivity index (χ1n) is 5.55. The van der Waals surface area contributed by atoms with Crippen molar-refractivity contribution in [2.75, 3.05) is 0 Å². The summed E-state index contributed by atoms with van der Waals surface area (Å²) in [5.41, 5.74) is 1.94. The molecule has 1 nitrogen and oxygen atoms in total. The summed E-state index contributed by atoms with van der Waals surface area (Å²) in [6.45, 7) is 1.27. The van der Waals surface area contributed by atoms with Crippen molar-refractivity contribution in [2.24, 2.45) is 0 Å². The topological polar surface area (TPSA) is 12.0 Å². The lowest BCUT2D eigenvalue weighted by atomic mass is 10.2. The molecule has 0 fully saturated rings. The Morgan fingerprint density at radius 2 is 1.78 bits per heavy atom. The van der Waals surface area contributed by atoms with Crippen molar-refractivity contribution >= 4 is 27.5 Å². The van der Waals surface area contributed by atoms with Crippen LogP contribution in [0.25, 0.3) is 0 Å². The molecule has 0 bridgehead atoms.